The minimum absolute atomic E-state index is 0.309. The normalized spacial score (nSPS) is 11.7. The summed E-state index contributed by atoms with van der Waals surface area (Å²) in [7, 11) is 0. The van der Waals surface area contributed by atoms with Crippen LogP contribution in [0.25, 0.3) is 11.1 Å². The first kappa shape index (κ1) is 13.8. The quantitative estimate of drug-likeness (QED) is 0.889. The Morgan fingerprint density at radius 3 is 2.25 bits per heavy atom. The van der Waals surface area contributed by atoms with Gasteiger partial charge in [0.1, 0.15) is 6.04 Å². The van der Waals surface area contributed by atoms with Crippen molar-refractivity contribution < 1.29 is 9.59 Å². The third-order valence-electron chi connectivity index (χ3n) is 3.03. The molecule has 0 radical (unpaired) electrons. The summed E-state index contributed by atoms with van der Waals surface area (Å²) in [6.07, 6.45) is 0. The van der Waals surface area contributed by atoms with Crippen LogP contribution in [-0.2, 0) is 4.79 Å². The van der Waals surface area contributed by atoms with E-state index in [4.69, 9.17) is 5.73 Å². The first-order valence-electron chi connectivity index (χ1n) is 6.34. The van der Waals surface area contributed by atoms with Crippen molar-refractivity contribution in [3.05, 3.63) is 60.2 Å². The topological polar surface area (TPSA) is 72.2 Å². The molecule has 4 heteroatoms. The second kappa shape index (κ2) is 6.02. The van der Waals surface area contributed by atoms with Crippen molar-refractivity contribution in [1.82, 2.24) is 5.32 Å². The number of primary amides is 1. The number of nitrogens with one attached hydrogen (secondary N) is 1. The Morgan fingerprint density at radius 2 is 1.60 bits per heavy atom. The van der Waals surface area contributed by atoms with Crippen molar-refractivity contribution in [2.24, 2.45) is 5.73 Å². The zero-order valence-electron chi connectivity index (χ0n) is 11.2. The third-order valence-corrected chi connectivity index (χ3v) is 3.03. The van der Waals surface area contributed by atoms with Crippen LogP contribution < -0.4 is 11.1 Å². The van der Waals surface area contributed by atoms with Crippen LogP contribution in [-0.4, -0.2) is 17.9 Å². The fourth-order valence-electron chi connectivity index (χ4n) is 1.90. The molecule has 0 aromatic heterocycles. The molecule has 0 saturated carbocycles. The lowest BCUT2D eigenvalue weighted by Crippen LogP contribution is -2.42. The molecule has 0 bridgehead atoms. The van der Waals surface area contributed by atoms with E-state index in [0.717, 1.165) is 11.1 Å². The molecule has 0 heterocycles. The van der Waals surface area contributed by atoms with E-state index in [-0.39, 0.29) is 5.91 Å². The van der Waals surface area contributed by atoms with Crippen molar-refractivity contribution in [2.75, 3.05) is 0 Å². The van der Waals surface area contributed by atoms with E-state index in [1.807, 2.05) is 42.5 Å². The van der Waals surface area contributed by atoms with Gasteiger partial charge in [0.05, 0.1) is 0 Å². The zero-order valence-corrected chi connectivity index (χ0v) is 11.2. The van der Waals surface area contributed by atoms with Crippen LogP contribution in [0.15, 0.2) is 54.6 Å². The second-order valence-corrected chi connectivity index (χ2v) is 4.51. The lowest BCUT2D eigenvalue weighted by molar-refractivity contribution is -0.119. The fourth-order valence-corrected chi connectivity index (χ4v) is 1.90. The molecular weight excluding hydrogens is 252 g/mol. The summed E-state index contributed by atoms with van der Waals surface area (Å²) in [5, 5.41) is 2.59. The number of nitrogens with two attached hydrogens (primary N) is 1. The predicted molar refractivity (Wildman–Crippen MR) is 78.0 cm³/mol. The zero-order chi connectivity index (χ0) is 14.5. The largest absolute Gasteiger partial charge is 0.368 e. The highest BCUT2D eigenvalue weighted by Gasteiger charge is 2.16. The van der Waals surface area contributed by atoms with E-state index < -0.39 is 11.9 Å². The molecule has 102 valence electrons. The fraction of sp³-hybridized carbons (Fsp3) is 0.125. The van der Waals surface area contributed by atoms with Gasteiger partial charge in [-0.05, 0) is 24.1 Å². The Labute approximate surface area is 117 Å². The molecule has 1 atom stereocenters. The number of hydrogen-bond donors (Lipinski definition) is 2. The maximum atomic E-state index is 12.2. The average molecular weight is 268 g/mol. The van der Waals surface area contributed by atoms with E-state index in [0.29, 0.717) is 5.56 Å². The van der Waals surface area contributed by atoms with Crippen LogP contribution in [0.3, 0.4) is 0 Å². The van der Waals surface area contributed by atoms with Gasteiger partial charge in [-0.2, -0.15) is 0 Å². The Bertz CT molecular complexity index is 623. The first-order chi connectivity index (χ1) is 9.59. The summed E-state index contributed by atoms with van der Waals surface area (Å²) in [5.41, 5.74) is 7.45. The van der Waals surface area contributed by atoms with Gasteiger partial charge >= 0.3 is 0 Å². The van der Waals surface area contributed by atoms with E-state index in [1.165, 1.54) is 0 Å². The summed E-state index contributed by atoms with van der Waals surface area (Å²) >= 11 is 0. The summed E-state index contributed by atoms with van der Waals surface area (Å²) in [6, 6.07) is 16.2. The Balaban J connectivity index is 2.33. The van der Waals surface area contributed by atoms with Gasteiger partial charge in [0.25, 0.3) is 5.91 Å². The van der Waals surface area contributed by atoms with Gasteiger partial charge in [0.15, 0.2) is 0 Å². The van der Waals surface area contributed by atoms with Gasteiger partial charge in [-0.1, -0.05) is 48.5 Å². The van der Waals surface area contributed by atoms with Gasteiger partial charge in [0.2, 0.25) is 5.91 Å². The number of hydrogen-bond acceptors (Lipinski definition) is 2. The molecule has 2 aromatic rings. The SMILES string of the molecule is CC(NC(=O)c1ccccc1-c1ccccc1)C(N)=O. The summed E-state index contributed by atoms with van der Waals surface area (Å²) in [6.45, 7) is 1.56. The minimum atomic E-state index is -0.702. The Morgan fingerprint density at radius 1 is 1.00 bits per heavy atom. The molecule has 1 unspecified atom stereocenters. The molecule has 0 aliphatic rings. The Kier molecular flexibility index (Phi) is 4.15. The van der Waals surface area contributed by atoms with Gasteiger partial charge < -0.3 is 11.1 Å². The lowest BCUT2D eigenvalue weighted by atomic mass is 9.99. The standard InChI is InChI=1S/C16H16N2O2/c1-11(15(17)19)18-16(20)14-10-6-5-9-13(14)12-7-3-2-4-8-12/h2-11H,1H3,(H2,17,19)(H,18,20). The number of benzene rings is 2. The lowest BCUT2D eigenvalue weighted by Gasteiger charge is -2.13. The average Bonchev–Trinajstić information content (AvgIpc) is 2.48. The van der Waals surface area contributed by atoms with Crippen molar-refractivity contribution in [3.63, 3.8) is 0 Å². The highest BCUT2D eigenvalue weighted by Crippen LogP contribution is 2.23. The van der Waals surface area contributed by atoms with Crippen LogP contribution in [0.5, 0.6) is 0 Å². The number of carbonyl (C=O) groups excluding carboxylic acids is 2. The molecule has 0 aliphatic carbocycles. The first-order valence-corrected chi connectivity index (χ1v) is 6.34. The third kappa shape index (κ3) is 3.03. The van der Waals surface area contributed by atoms with E-state index in [1.54, 1.807) is 19.1 Å². The Hall–Kier alpha value is -2.62. The maximum absolute atomic E-state index is 12.2. The summed E-state index contributed by atoms with van der Waals surface area (Å²) in [4.78, 5) is 23.3. The maximum Gasteiger partial charge on any atom is 0.252 e. The molecule has 3 N–H and O–H groups in total. The van der Waals surface area contributed by atoms with Crippen LogP contribution >= 0.6 is 0 Å². The molecule has 0 spiro atoms. The molecule has 2 rings (SSSR count). The summed E-state index contributed by atoms with van der Waals surface area (Å²) in [5.74, 6) is -0.869. The predicted octanol–water partition coefficient (Wildman–Crippen LogP) is 1.96. The number of amides is 2. The smallest absolute Gasteiger partial charge is 0.252 e. The molecule has 20 heavy (non-hydrogen) atoms. The number of carbonyl (C=O) groups is 2. The minimum Gasteiger partial charge on any atom is -0.368 e. The van der Waals surface area contributed by atoms with Gasteiger partial charge in [-0.3, -0.25) is 9.59 Å². The van der Waals surface area contributed by atoms with Gasteiger partial charge in [0, 0.05) is 5.56 Å². The van der Waals surface area contributed by atoms with E-state index in [9.17, 15) is 9.59 Å². The van der Waals surface area contributed by atoms with Crippen molar-refractivity contribution in [2.45, 2.75) is 13.0 Å². The van der Waals surface area contributed by atoms with Crippen molar-refractivity contribution >= 4 is 11.8 Å². The van der Waals surface area contributed by atoms with Gasteiger partial charge in [-0.15, -0.1) is 0 Å². The molecule has 2 aromatic carbocycles. The van der Waals surface area contributed by atoms with Crippen LogP contribution in [0.1, 0.15) is 17.3 Å². The molecule has 0 saturated heterocycles. The molecule has 2 amide bonds. The monoisotopic (exact) mass is 268 g/mol. The van der Waals surface area contributed by atoms with Crippen LogP contribution in [0.4, 0.5) is 0 Å². The highest BCUT2D eigenvalue weighted by molar-refractivity contribution is 6.02. The van der Waals surface area contributed by atoms with E-state index >= 15 is 0 Å². The second-order valence-electron chi connectivity index (χ2n) is 4.51. The number of rotatable bonds is 4. The molecule has 0 fully saturated rings. The summed E-state index contributed by atoms with van der Waals surface area (Å²) < 4.78 is 0. The highest BCUT2D eigenvalue weighted by atomic mass is 16.2. The molecular formula is C16H16N2O2. The van der Waals surface area contributed by atoms with E-state index in [2.05, 4.69) is 5.32 Å². The van der Waals surface area contributed by atoms with Crippen LogP contribution in [0, 0.1) is 0 Å². The molecule has 4 nitrogen and oxygen atoms in total. The van der Waals surface area contributed by atoms with Crippen molar-refractivity contribution in [1.29, 1.82) is 0 Å². The van der Waals surface area contributed by atoms with Crippen molar-refractivity contribution in [3.8, 4) is 11.1 Å². The molecule has 0 aliphatic heterocycles. The van der Waals surface area contributed by atoms with Gasteiger partial charge in [-0.25, -0.2) is 0 Å². The van der Waals surface area contributed by atoms with Crippen LogP contribution in [0.2, 0.25) is 0 Å².